The zero-order valence-electron chi connectivity index (χ0n) is 6.11. The first-order valence-corrected chi connectivity index (χ1v) is 3.51. The van der Waals surface area contributed by atoms with E-state index < -0.39 is 17.9 Å². The zero-order valence-corrected chi connectivity index (χ0v) is 6.87. The maximum absolute atomic E-state index is 12.6. The Balaban J connectivity index is 3.23. The Bertz CT molecular complexity index is 301. The topological polar surface area (TPSA) is 12.9 Å². The van der Waals surface area contributed by atoms with Crippen molar-refractivity contribution in [1.29, 1.82) is 0 Å². The van der Waals surface area contributed by atoms with Crippen LogP contribution in [0.3, 0.4) is 0 Å². The Kier molecular flexibility index (Phi) is 2.57. The third-order valence-electron chi connectivity index (χ3n) is 1.37. The number of pyridine rings is 1. The van der Waals surface area contributed by atoms with Crippen LogP contribution in [0.1, 0.15) is 17.7 Å². The van der Waals surface area contributed by atoms with Crippen molar-refractivity contribution in [3.05, 3.63) is 28.3 Å². The molecule has 0 atom stereocenters. The second-order valence-electron chi connectivity index (χ2n) is 2.24. The van der Waals surface area contributed by atoms with Crippen molar-refractivity contribution in [3.63, 3.8) is 0 Å². The smallest absolute Gasteiger partial charge is 0.223 e. The van der Waals surface area contributed by atoms with Crippen molar-refractivity contribution in [2.75, 3.05) is 0 Å². The Morgan fingerprint density at radius 2 is 2.08 bits per heavy atom. The summed E-state index contributed by atoms with van der Waals surface area (Å²) in [6, 6.07) is 0.893. The van der Waals surface area contributed by atoms with Gasteiger partial charge in [-0.05, 0) is 13.0 Å². The van der Waals surface area contributed by atoms with Gasteiger partial charge < -0.3 is 0 Å². The fraction of sp³-hybridized carbons (Fsp3) is 0.286. The molecule has 0 spiro atoms. The number of halogens is 4. The lowest BCUT2D eigenvalue weighted by Gasteiger charge is -2.03. The molecule has 0 aliphatic carbocycles. The Morgan fingerprint density at radius 3 is 2.58 bits per heavy atom. The highest BCUT2D eigenvalue weighted by atomic mass is 35.5. The molecule has 0 unspecified atom stereocenters. The molecule has 0 aliphatic rings. The standard InChI is InChI=1S/C7H5ClF3N/c1-3-5(8)2-4(6(9)10)7(11)12-3/h2,6H,1H3. The van der Waals surface area contributed by atoms with E-state index >= 15 is 0 Å². The van der Waals surface area contributed by atoms with Gasteiger partial charge in [-0.15, -0.1) is 0 Å². The summed E-state index contributed by atoms with van der Waals surface area (Å²) in [6.45, 7) is 1.45. The van der Waals surface area contributed by atoms with E-state index in [4.69, 9.17) is 11.6 Å². The molecular formula is C7H5ClF3N. The van der Waals surface area contributed by atoms with Crippen LogP contribution in [0.5, 0.6) is 0 Å². The van der Waals surface area contributed by atoms with Crippen LogP contribution in [0.2, 0.25) is 5.02 Å². The summed E-state index contributed by atoms with van der Waals surface area (Å²) < 4.78 is 36.6. The fourth-order valence-corrected chi connectivity index (χ4v) is 0.879. The van der Waals surface area contributed by atoms with Crippen molar-refractivity contribution >= 4 is 11.6 Å². The number of hydrogen-bond acceptors (Lipinski definition) is 1. The van der Waals surface area contributed by atoms with E-state index in [9.17, 15) is 13.2 Å². The van der Waals surface area contributed by atoms with Gasteiger partial charge in [0.2, 0.25) is 5.95 Å². The Labute approximate surface area is 72.2 Å². The fourth-order valence-electron chi connectivity index (χ4n) is 0.719. The molecule has 1 nitrogen and oxygen atoms in total. The predicted octanol–water partition coefficient (Wildman–Crippen LogP) is 3.12. The van der Waals surface area contributed by atoms with Gasteiger partial charge in [0.15, 0.2) is 0 Å². The lowest BCUT2D eigenvalue weighted by Crippen LogP contribution is -1.96. The van der Waals surface area contributed by atoms with E-state index in [2.05, 4.69) is 4.98 Å². The minimum Gasteiger partial charge on any atom is -0.223 e. The van der Waals surface area contributed by atoms with Gasteiger partial charge in [-0.1, -0.05) is 11.6 Å². The van der Waals surface area contributed by atoms with Gasteiger partial charge in [0.25, 0.3) is 6.43 Å². The van der Waals surface area contributed by atoms with Gasteiger partial charge in [-0.25, -0.2) is 13.8 Å². The molecule has 0 N–H and O–H groups in total. The minimum absolute atomic E-state index is 0.0479. The maximum atomic E-state index is 12.6. The van der Waals surface area contributed by atoms with Crippen LogP contribution in [0, 0.1) is 12.9 Å². The molecule has 0 radical (unpaired) electrons. The number of aromatic nitrogens is 1. The van der Waals surface area contributed by atoms with E-state index in [-0.39, 0.29) is 10.7 Å². The lowest BCUT2D eigenvalue weighted by atomic mass is 10.2. The highest BCUT2D eigenvalue weighted by molar-refractivity contribution is 6.31. The van der Waals surface area contributed by atoms with Gasteiger partial charge in [0, 0.05) is 0 Å². The molecule has 0 aromatic carbocycles. The molecule has 0 bridgehead atoms. The summed E-state index contributed by atoms with van der Waals surface area (Å²) in [5.74, 6) is -1.16. The van der Waals surface area contributed by atoms with E-state index in [0.717, 1.165) is 6.07 Å². The molecule has 1 aromatic heterocycles. The normalized spacial score (nSPS) is 10.8. The maximum Gasteiger partial charge on any atom is 0.268 e. The average molecular weight is 196 g/mol. The number of rotatable bonds is 1. The van der Waals surface area contributed by atoms with Crippen LogP contribution in [-0.4, -0.2) is 4.98 Å². The van der Waals surface area contributed by atoms with Crippen molar-refractivity contribution in [2.24, 2.45) is 0 Å². The molecule has 12 heavy (non-hydrogen) atoms. The number of nitrogens with zero attached hydrogens (tertiary/aromatic N) is 1. The average Bonchev–Trinajstić information content (AvgIpc) is 1.96. The van der Waals surface area contributed by atoms with Crippen LogP contribution in [0.25, 0.3) is 0 Å². The monoisotopic (exact) mass is 195 g/mol. The lowest BCUT2D eigenvalue weighted by molar-refractivity contribution is 0.145. The molecule has 1 heterocycles. The van der Waals surface area contributed by atoms with Crippen LogP contribution in [-0.2, 0) is 0 Å². The second kappa shape index (κ2) is 3.31. The molecule has 66 valence electrons. The van der Waals surface area contributed by atoms with Crippen LogP contribution >= 0.6 is 11.6 Å². The number of hydrogen-bond donors (Lipinski definition) is 0. The van der Waals surface area contributed by atoms with Gasteiger partial charge in [-0.2, -0.15) is 4.39 Å². The summed E-state index contributed by atoms with van der Waals surface area (Å²) >= 11 is 5.47. The molecule has 0 fully saturated rings. The van der Waals surface area contributed by atoms with Crippen molar-refractivity contribution in [2.45, 2.75) is 13.3 Å². The molecule has 5 heteroatoms. The van der Waals surface area contributed by atoms with E-state index in [1.807, 2.05) is 0 Å². The van der Waals surface area contributed by atoms with Crippen molar-refractivity contribution < 1.29 is 13.2 Å². The molecule has 0 amide bonds. The molecule has 1 rings (SSSR count). The first-order chi connectivity index (χ1) is 5.52. The first-order valence-electron chi connectivity index (χ1n) is 3.13. The molecule has 0 saturated carbocycles. The van der Waals surface area contributed by atoms with Gasteiger partial charge >= 0.3 is 0 Å². The third-order valence-corrected chi connectivity index (χ3v) is 1.75. The van der Waals surface area contributed by atoms with Gasteiger partial charge in [0.05, 0.1) is 16.3 Å². The third kappa shape index (κ3) is 1.69. The van der Waals surface area contributed by atoms with Crippen LogP contribution in [0.15, 0.2) is 6.07 Å². The highest BCUT2D eigenvalue weighted by Gasteiger charge is 2.16. The molecular weight excluding hydrogens is 191 g/mol. The van der Waals surface area contributed by atoms with Gasteiger partial charge in [0.1, 0.15) is 0 Å². The summed E-state index contributed by atoms with van der Waals surface area (Å²) in [7, 11) is 0. The zero-order chi connectivity index (χ0) is 9.30. The highest BCUT2D eigenvalue weighted by Crippen LogP contribution is 2.25. The largest absolute Gasteiger partial charge is 0.268 e. The van der Waals surface area contributed by atoms with Crippen molar-refractivity contribution in [3.8, 4) is 0 Å². The number of alkyl halides is 2. The Morgan fingerprint density at radius 1 is 1.50 bits per heavy atom. The molecule has 0 saturated heterocycles. The summed E-state index contributed by atoms with van der Waals surface area (Å²) in [4.78, 5) is 3.22. The van der Waals surface area contributed by atoms with E-state index in [1.54, 1.807) is 0 Å². The van der Waals surface area contributed by atoms with Gasteiger partial charge in [-0.3, -0.25) is 0 Å². The number of aryl methyl sites for hydroxylation is 1. The second-order valence-corrected chi connectivity index (χ2v) is 2.64. The summed E-state index contributed by atoms with van der Waals surface area (Å²) in [5.41, 5.74) is -0.552. The molecule has 1 aromatic rings. The Hall–Kier alpha value is -0.770. The van der Waals surface area contributed by atoms with Crippen molar-refractivity contribution in [1.82, 2.24) is 4.98 Å². The first kappa shape index (κ1) is 9.32. The quantitative estimate of drug-likeness (QED) is 0.628. The van der Waals surface area contributed by atoms with Crippen LogP contribution < -0.4 is 0 Å². The summed E-state index contributed by atoms with van der Waals surface area (Å²) in [6.07, 6.45) is -2.88. The summed E-state index contributed by atoms with van der Waals surface area (Å²) in [5, 5.41) is 0.0479. The minimum atomic E-state index is -2.88. The van der Waals surface area contributed by atoms with E-state index in [1.165, 1.54) is 6.92 Å². The van der Waals surface area contributed by atoms with Crippen LogP contribution in [0.4, 0.5) is 13.2 Å². The molecule has 0 aliphatic heterocycles. The SMILES string of the molecule is Cc1nc(F)c(C(F)F)cc1Cl. The van der Waals surface area contributed by atoms with E-state index in [0.29, 0.717) is 0 Å². The predicted molar refractivity (Wildman–Crippen MR) is 38.9 cm³/mol.